The third kappa shape index (κ3) is 6.68. The summed E-state index contributed by atoms with van der Waals surface area (Å²) in [6.07, 6.45) is 8.69. The van der Waals surface area contributed by atoms with Gasteiger partial charge in [0.15, 0.2) is 0 Å². The Bertz CT molecular complexity index is 1640. The molecule has 2 aromatic heterocycles. The molecular formula is C33H43F2N5O3S. The van der Waals surface area contributed by atoms with E-state index in [9.17, 15) is 13.2 Å². The van der Waals surface area contributed by atoms with Crippen LogP contribution < -0.4 is 11.0 Å². The number of nitrogens with zero attached hydrogens (tertiary/aromatic N) is 4. The van der Waals surface area contributed by atoms with Gasteiger partial charge in [-0.25, -0.2) is 22.0 Å². The lowest BCUT2D eigenvalue weighted by molar-refractivity contribution is -0.0855. The van der Waals surface area contributed by atoms with Gasteiger partial charge in [0.25, 0.3) is 5.92 Å². The SMILES string of the molecule is C[C@H]1Nc2nc(=O)n(c3cnc(C4CCS(=O)(=O)CC4)cc23)CCCCCCCN2CCC(CC2)C(F)(F)c2cccc1c2. The summed E-state index contributed by atoms with van der Waals surface area (Å²) in [4.78, 5) is 24.9. The van der Waals surface area contributed by atoms with Gasteiger partial charge in [-0.05, 0) is 82.8 Å². The fourth-order valence-corrected chi connectivity index (χ4v) is 8.61. The number of anilines is 1. The zero-order valence-electron chi connectivity index (χ0n) is 25.5. The van der Waals surface area contributed by atoms with Gasteiger partial charge < -0.3 is 10.2 Å². The minimum atomic E-state index is -3.02. The molecule has 0 saturated carbocycles. The zero-order valence-corrected chi connectivity index (χ0v) is 26.3. The Labute approximate surface area is 258 Å². The smallest absolute Gasteiger partial charge is 0.350 e. The third-order valence-corrected chi connectivity index (χ3v) is 11.7. The quantitative estimate of drug-likeness (QED) is 0.352. The summed E-state index contributed by atoms with van der Waals surface area (Å²) in [6, 6.07) is 8.16. The van der Waals surface area contributed by atoms with Crippen LogP contribution in [0.3, 0.4) is 0 Å². The summed E-state index contributed by atoms with van der Waals surface area (Å²) >= 11 is 0. The summed E-state index contributed by atoms with van der Waals surface area (Å²) in [7, 11) is -3.02. The van der Waals surface area contributed by atoms with Crippen LogP contribution in [0.1, 0.15) is 93.5 Å². The molecule has 1 N–H and O–H groups in total. The maximum Gasteiger partial charge on any atom is 0.350 e. The highest BCUT2D eigenvalue weighted by atomic mass is 32.2. The molecule has 0 radical (unpaired) electrons. The lowest BCUT2D eigenvalue weighted by atomic mass is 9.85. The van der Waals surface area contributed by atoms with Crippen molar-refractivity contribution in [1.82, 2.24) is 19.4 Å². The van der Waals surface area contributed by atoms with Crippen molar-refractivity contribution in [2.45, 2.75) is 89.1 Å². The van der Waals surface area contributed by atoms with Crippen molar-refractivity contribution in [3.8, 4) is 0 Å². The Morgan fingerprint density at radius 1 is 0.932 bits per heavy atom. The van der Waals surface area contributed by atoms with Crippen molar-refractivity contribution in [2.24, 2.45) is 5.92 Å². The van der Waals surface area contributed by atoms with Gasteiger partial charge >= 0.3 is 5.69 Å². The van der Waals surface area contributed by atoms with E-state index in [-0.39, 0.29) is 28.7 Å². The van der Waals surface area contributed by atoms with Crippen molar-refractivity contribution in [1.29, 1.82) is 0 Å². The van der Waals surface area contributed by atoms with Crippen LogP contribution in [0, 0.1) is 5.92 Å². The number of halogens is 2. The molecule has 0 spiro atoms. The number of nitrogens with one attached hydrogen (secondary N) is 1. The summed E-state index contributed by atoms with van der Waals surface area (Å²) in [6.45, 7) is 4.77. The molecule has 11 heteroatoms. The van der Waals surface area contributed by atoms with E-state index in [0.29, 0.717) is 62.2 Å². The molecule has 0 unspecified atom stereocenters. The fourth-order valence-electron chi connectivity index (χ4n) is 7.12. The first-order valence-corrected chi connectivity index (χ1v) is 18.0. The molecule has 6 aliphatic rings. The van der Waals surface area contributed by atoms with Crippen LogP contribution in [0.2, 0.25) is 0 Å². The number of hydrogen-bond donors (Lipinski definition) is 1. The third-order valence-electron chi connectivity index (χ3n) is 9.94. The number of alkyl halides is 2. The monoisotopic (exact) mass is 627 g/mol. The average molecular weight is 628 g/mol. The molecule has 2 fully saturated rings. The lowest BCUT2D eigenvalue weighted by Gasteiger charge is -2.36. The van der Waals surface area contributed by atoms with E-state index < -0.39 is 27.7 Å². The molecular weight excluding hydrogens is 584 g/mol. The average Bonchev–Trinajstić information content (AvgIpc) is 3.01. The van der Waals surface area contributed by atoms with Crippen molar-refractivity contribution < 1.29 is 17.2 Å². The van der Waals surface area contributed by atoms with Crippen LogP contribution in [0.15, 0.2) is 41.3 Å². The van der Waals surface area contributed by atoms with E-state index in [0.717, 1.165) is 49.7 Å². The maximum atomic E-state index is 15.8. The Kier molecular flexibility index (Phi) is 9.06. The van der Waals surface area contributed by atoms with Gasteiger partial charge in [0.2, 0.25) is 0 Å². The molecule has 8 nitrogen and oxygen atoms in total. The van der Waals surface area contributed by atoms with Gasteiger partial charge in [-0.3, -0.25) is 9.55 Å². The molecule has 3 aromatic rings. The van der Waals surface area contributed by atoms with E-state index in [1.807, 2.05) is 19.1 Å². The van der Waals surface area contributed by atoms with Crippen molar-refractivity contribution in [3.05, 3.63) is 63.8 Å². The topological polar surface area (TPSA) is 97.2 Å². The molecule has 6 aliphatic heterocycles. The Hall–Kier alpha value is -2.92. The number of aryl methyl sites for hydroxylation is 1. The number of benzene rings is 1. The molecule has 0 amide bonds. The molecule has 1 atom stereocenters. The number of pyridine rings is 1. The van der Waals surface area contributed by atoms with Crippen LogP contribution in [-0.4, -0.2) is 59.0 Å². The van der Waals surface area contributed by atoms with Crippen molar-refractivity contribution >= 4 is 26.6 Å². The largest absolute Gasteiger partial charge is 0.363 e. The molecule has 0 aliphatic carbocycles. The Morgan fingerprint density at radius 2 is 1.64 bits per heavy atom. The van der Waals surface area contributed by atoms with E-state index in [4.69, 9.17) is 4.98 Å². The summed E-state index contributed by atoms with van der Waals surface area (Å²) in [5.41, 5.74) is 1.80. The summed E-state index contributed by atoms with van der Waals surface area (Å²) in [5, 5.41) is 4.09. The number of rotatable bonds is 1. The van der Waals surface area contributed by atoms with Gasteiger partial charge in [0.1, 0.15) is 15.7 Å². The highest BCUT2D eigenvalue weighted by Gasteiger charge is 2.42. The second kappa shape index (κ2) is 12.8. The Morgan fingerprint density at radius 3 is 2.39 bits per heavy atom. The minimum Gasteiger partial charge on any atom is -0.363 e. The van der Waals surface area contributed by atoms with E-state index in [2.05, 4.69) is 15.2 Å². The summed E-state index contributed by atoms with van der Waals surface area (Å²) in [5.74, 6) is -2.96. The number of aromatic nitrogens is 3. The number of piperidine rings is 1. The molecule has 44 heavy (non-hydrogen) atoms. The van der Waals surface area contributed by atoms with Crippen LogP contribution in [0.4, 0.5) is 14.6 Å². The number of hydrogen-bond acceptors (Lipinski definition) is 7. The second-order valence-electron chi connectivity index (χ2n) is 12.9. The van der Waals surface area contributed by atoms with Crippen LogP contribution in [0.5, 0.6) is 0 Å². The van der Waals surface area contributed by atoms with Gasteiger partial charge in [0.05, 0.1) is 23.2 Å². The Balaban J connectivity index is 1.37. The highest BCUT2D eigenvalue weighted by Crippen LogP contribution is 2.42. The molecule has 2 saturated heterocycles. The molecule has 6 bridgehead atoms. The van der Waals surface area contributed by atoms with Gasteiger partial charge in [-0.1, -0.05) is 37.5 Å². The first kappa shape index (κ1) is 31.1. The molecule has 8 heterocycles. The van der Waals surface area contributed by atoms with Crippen LogP contribution in [-0.2, 0) is 22.3 Å². The van der Waals surface area contributed by atoms with E-state index in [1.165, 1.54) is 6.07 Å². The standard InChI is InChI=1S/C33H43F2N5O3S/c1-23-25-8-7-9-27(20-25)33(34,35)26-10-16-39(17-11-26)14-5-3-2-4-6-15-40-30-22-36-29(24-12-18-44(42,43)19-13-24)21-28(30)31(37-23)38-32(40)41/h7-9,20-24,26H,2-6,10-19H2,1H3,(H,37,38,41)/t23-/m1/s1. The van der Waals surface area contributed by atoms with Crippen molar-refractivity contribution in [3.63, 3.8) is 0 Å². The maximum absolute atomic E-state index is 15.8. The van der Waals surface area contributed by atoms with Crippen LogP contribution in [0.25, 0.3) is 10.9 Å². The van der Waals surface area contributed by atoms with Gasteiger partial charge in [-0.2, -0.15) is 4.98 Å². The second-order valence-corrected chi connectivity index (χ2v) is 15.2. The predicted molar refractivity (Wildman–Crippen MR) is 169 cm³/mol. The van der Waals surface area contributed by atoms with Gasteiger partial charge in [-0.15, -0.1) is 0 Å². The first-order valence-electron chi connectivity index (χ1n) is 16.2. The lowest BCUT2D eigenvalue weighted by Crippen LogP contribution is -2.40. The minimum absolute atomic E-state index is 0.00152. The highest BCUT2D eigenvalue weighted by molar-refractivity contribution is 7.91. The molecule has 1 aromatic carbocycles. The van der Waals surface area contributed by atoms with Crippen molar-refractivity contribution in [2.75, 3.05) is 36.5 Å². The first-order chi connectivity index (χ1) is 21.1. The van der Waals surface area contributed by atoms with Gasteiger partial charge in [0, 0.05) is 41.1 Å². The summed E-state index contributed by atoms with van der Waals surface area (Å²) < 4.78 is 57.4. The predicted octanol–water partition coefficient (Wildman–Crippen LogP) is 6.02. The fraction of sp³-hybridized carbons (Fsp3) is 0.606. The normalized spacial score (nSPS) is 26.6. The van der Waals surface area contributed by atoms with Crippen LogP contribution >= 0.6 is 0 Å². The van der Waals surface area contributed by atoms with E-state index >= 15 is 8.78 Å². The molecule has 238 valence electrons. The number of sulfone groups is 1. The molecule has 9 rings (SSSR count). The zero-order chi connectivity index (χ0) is 30.9. The van der Waals surface area contributed by atoms with E-state index in [1.54, 1.807) is 22.9 Å².